The van der Waals surface area contributed by atoms with E-state index in [4.69, 9.17) is 0 Å². The van der Waals surface area contributed by atoms with E-state index in [0.717, 1.165) is 30.1 Å². The average molecular weight is 319 g/mol. The zero-order valence-electron chi connectivity index (χ0n) is 14.8. The largest absolute Gasteiger partial charge is 0.465 e. The highest BCUT2D eigenvalue weighted by Gasteiger charge is 2.59. The number of hydrogen-bond donors (Lipinski definition) is 2. The third-order valence-electron chi connectivity index (χ3n) is 8.88. The van der Waals surface area contributed by atoms with E-state index >= 15 is 0 Å². The Morgan fingerprint density at radius 2 is 1.70 bits per heavy atom. The molecule has 4 saturated carbocycles. The summed E-state index contributed by atoms with van der Waals surface area (Å²) in [6.07, 6.45) is 12.7. The van der Waals surface area contributed by atoms with Crippen molar-refractivity contribution in [3.05, 3.63) is 0 Å². The van der Waals surface area contributed by atoms with Gasteiger partial charge in [-0.3, -0.25) is 0 Å². The number of nitrogens with one attached hydrogen (secondary N) is 1. The van der Waals surface area contributed by atoms with Crippen LogP contribution in [0.3, 0.4) is 0 Å². The highest BCUT2D eigenvalue weighted by atomic mass is 16.4. The lowest BCUT2D eigenvalue weighted by atomic mass is 9.45. The van der Waals surface area contributed by atoms with Crippen LogP contribution in [0, 0.1) is 34.5 Å². The molecule has 0 radical (unpaired) electrons. The standard InChI is InChI=1S/C20H33NO2/c1-19-11-4-3-5-13(19)6-7-14-15-8-9-17(21-18(22)23)20(15,2)12-10-16(14)19/h13-17,21H,3-12H2,1-2H3,(H,22,23)/t13?,14-,15-,16-,17?,19-,20-/m0/s1. The predicted octanol–water partition coefficient (Wildman–Crippen LogP) is 5.06. The molecule has 0 aromatic rings. The van der Waals surface area contributed by atoms with E-state index in [1.807, 2.05) is 0 Å². The average Bonchev–Trinajstić information content (AvgIpc) is 2.83. The first-order valence-corrected chi connectivity index (χ1v) is 9.94. The minimum Gasteiger partial charge on any atom is -0.465 e. The van der Waals surface area contributed by atoms with Gasteiger partial charge in [0, 0.05) is 6.04 Å². The highest BCUT2D eigenvalue weighted by Crippen LogP contribution is 2.66. The van der Waals surface area contributed by atoms with Gasteiger partial charge in [-0.05, 0) is 85.9 Å². The molecule has 0 bridgehead atoms. The Kier molecular flexibility index (Phi) is 3.70. The van der Waals surface area contributed by atoms with Gasteiger partial charge >= 0.3 is 6.09 Å². The smallest absolute Gasteiger partial charge is 0.404 e. The van der Waals surface area contributed by atoms with E-state index in [1.54, 1.807) is 0 Å². The number of amides is 1. The molecule has 0 spiro atoms. The Morgan fingerprint density at radius 3 is 2.48 bits per heavy atom. The quantitative estimate of drug-likeness (QED) is 0.710. The predicted molar refractivity (Wildman–Crippen MR) is 91.3 cm³/mol. The van der Waals surface area contributed by atoms with E-state index in [-0.39, 0.29) is 11.5 Å². The van der Waals surface area contributed by atoms with E-state index in [9.17, 15) is 9.90 Å². The number of carboxylic acid groups (broad SMARTS) is 1. The van der Waals surface area contributed by atoms with Crippen LogP contribution in [0.2, 0.25) is 0 Å². The number of fused-ring (bicyclic) bond motifs is 5. The minimum atomic E-state index is -0.832. The second-order valence-corrected chi connectivity index (χ2v) is 9.53. The zero-order chi connectivity index (χ0) is 16.2. The van der Waals surface area contributed by atoms with Crippen LogP contribution in [-0.2, 0) is 0 Å². The summed E-state index contributed by atoms with van der Waals surface area (Å²) in [5, 5.41) is 12.1. The summed E-state index contributed by atoms with van der Waals surface area (Å²) >= 11 is 0. The molecule has 0 aromatic heterocycles. The summed E-state index contributed by atoms with van der Waals surface area (Å²) in [7, 11) is 0. The van der Waals surface area contributed by atoms with Crippen molar-refractivity contribution in [2.75, 3.05) is 0 Å². The fraction of sp³-hybridized carbons (Fsp3) is 0.950. The molecule has 4 fully saturated rings. The molecule has 7 atom stereocenters. The lowest BCUT2D eigenvalue weighted by Gasteiger charge is -2.60. The first-order chi connectivity index (χ1) is 10.9. The van der Waals surface area contributed by atoms with Gasteiger partial charge in [0.2, 0.25) is 0 Å². The van der Waals surface area contributed by atoms with Gasteiger partial charge in [0.1, 0.15) is 0 Å². The number of rotatable bonds is 1. The molecule has 0 saturated heterocycles. The van der Waals surface area contributed by atoms with E-state index < -0.39 is 6.09 Å². The van der Waals surface area contributed by atoms with Crippen molar-refractivity contribution < 1.29 is 9.90 Å². The molecule has 3 heteroatoms. The van der Waals surface area contributed by atoms with Crippen molar-refractivity contribution in [2.24, 2.45) is 34.5 Å². The van der Waals surface area contributed by atoms with Gasteiger partial charge in [-0.2, -0.15) is 0 Å². The monoisotopic (exact) mass is 319 g/mol. The van der Waals surface area contributed by atoms with Crippen LogP contribution >= 0.6 is 0 Å². The van der Waals surface area contributed by atoms with Gasteiger partial charge in [0.15, 0.2) is 0 Å². The first kappa shape index (κ1) is 15.8. The third kappa shape index (κ3) is 2.25. The van der Waals surface area contributed by atoms with Gasteiger partial charge in [-0.25, -0.2) is 4.79 Å². The van der Waals surface area contributed by atoms with Gasteiger partial charge in [-0.15, -0.1) is 0 Å². The lowest BCUT2D eigenvalue weighted by Crippen LogP contribution is -2.55. The molecule has 23 heavy (non-hydrogen) atoms. The molecule has 4 aliphatic carbocycles. The van der Waals surface area contributed by atoms with Crippen LogP contribution in [-0.4, -0.2) is 17.2 Å². The summed E-state index contributed by atoms with van der Waals surface area (Å²) in [6, 6.07) is 0.183. The fourth-order valence-corrected chi connectivity index (χ4v) is 7.68. The Hall–Kier alpha value is -0.730. The Bertz CT molecular complexity index is 492. The SMILES string of the molecule is C[C@]12CCCCC1CC[C@@H]1[C@@H]2CC[C@]2(C)C(NC(=O)O)CC[C@@H]12. The van der Waals surface area contributed by atoms with Gasteiger partial charge in [-0.1, -0.05) is 26.7 Å². The minimum absolute atomic E-state index is 0.183. The van der Waals surface area contributed by atoms with Crippen molar-refractivity contribution in [3.63, 3.8) is 0 Å². The number of carbonyl (C=O) groups is 1. The van der Waals surface area contributed by atoms with Gasteiger partial charge < -0.3 is 10.4 Å². The van der Waals surface area contributed by atoms with E-state index in [2.05, 4.69) is 19.2 Å². The molecule has 130 valence electrons. The molecule has 2 unspecified atom stereocenters. The molecular formula is C20H33NO2. The van der Waals surface area contributed by atoms with Crippen LogP contribution in [0.25, 0.3) is 0 Å². The second kappa shape index (κ2) is 5.39. The Labute approximate surface area is 140 Å². The molecule has 1 amide bonds. The fourth-order valence-electron chi connectivity index (χ4n) is 7.68. The van der Waals surface area contributed by atoms with Crippen molar-refractivity contribution in [3.8, 4) is 0 Å². The maximum Gasteiger partial charge on any atom is 0.404 e. The molecule has 3 nitrogen and oxygen atoms in total. The van der Waals surface area contributed by atoms with E-state index in [1.165, 1.54) is 57.8 Å². The summed E-state index contributed by atoms with van der Waals surface area (Å²) in [4.78, 5) is 11.2. The normalized spacial score (nSPS) is 52.2. The van der Waals surface area contributed by atoms with E-state index in [0.29, 0.717) is 5.41 Å². The van der Waals surface area contributed by atoms with Gasteiger partial charge in [0.25, 0.3) is 0 Å². The molecule has 0 aromatic carbocycles. The van der Waals surface area contributed by atoms with Crippen LogP contribution in [0.5, 0.6) is 0 Å². The zero-order valence-corrected chi connectivity index (χ0v) is 14.8. The first-order valence-electron chi connectivity index (χ1n) is 9.94. The molecule has 4 rings (SSSR count). The lowest BCUT2D eigenvalue weighted by molar-refractivity contribution is -0.106. The molecule has 0 aliphatic heterocycles. The molecule has 4 aliphatic rings. The third-order valence-corrected chi connectivity index (χ3v) is 8.88. The maximum absolute atomic E-state index is 11.2. The van der Waals surface area contributed by atoms with Crippen molar-refractivity contribution >= 4 is 6.09 Å². The maximum atomic E-state index is 11.2. The molecule has 0 heterocycles. The summed E-state index contributed by atoms with van der Waals surface area (Å²) in [6.45, 7) is 5.00. The Morgan fingerprint density at radius 1 is 0.913 bits per heavy atom. The molecular weight excluding hydrogens is 286 g/mol. The van der Waals surface area contributed by atoms with Crippen LogP contribution in [0.4, 0.5) is 4.79 Å². The van der Waals surface area contributed by atoms with Crippen LogP contribution in [0.15, 0.2) is 0 Å². The highest BCUT2D eigenvalue weighted by molar-refractivity contribution is 5.65. The number of hydrogen-bond acceptors (Lipinski definition) is 1. The van der Waals surface area contributed by atoms with Crippen molar-refractivity contribution in [2.45, 2.75) is 84.1 Å². The topological polar surface area (TPSA) is 49.3 Å². The van der Waals surface area contributed by atoms with Crippen molar-refractivity contribution in [1.29, 1.82) is 0 Å². The molecule has 2 N–H and O–H groups in total. The van der Waals surface area contributed by atoms with Gasteiger partial charge in [0.05, 0.1) is 0 Å². The van der Waals surface area contributed by atoms with Crippen molar-refractivity contribution in [1.82, 2.24) is 5.32 Å². The second-order valence-electron chi connectivity index (χ2n) is 9.53. The Balaban J connectivity index is 1.59. The van der Waals surface area contributed by atoms with Crippen LogP contribution in [0.1, 0.15) is 78.1 Å². The summed E-state index contributed by atoms with van der Waals surface area (Å²) in [5.74, 6) is 3.48. The summed E-state index contributed by atoms with van der Waals surface area (Å²) < 4.78 is 0. The summed E-state index contributed by atoms with van der Waals surface area (Å²) in [5.41, 5.74) is 0.790. The van der Waals surface area contributed by atoms with Crippen LogP contribution < -0.4 is 5.32 Å².